The summed E-state index contributed by atoms with van der Waals surface area (Å²) in [6, 6.07) is 3.15. The van der Waals surface area contributed by atoms with Gasteiger partial charge in [-0.15, -0.1) is 10.2 Å². The predicted octanol–water partition coefficient (Wildman–Crippen LogP) is 2.54. The topological polar surface area (TPSA) is 50.5 Å². The number of carbonyl (C=O) groups is 1. The number of amides is 1. The van der Waals surface area contributed by atoms with Crippen LogP contribution in [-0.4, -0.2) is 38.5 Å². The number of rotatable bonds is 2. The van der Waals surface area contributed by atoms with Crippen molar-refractivity contribution in [1.29, 1.82) is 0 Å². The molecule has 7 heteroatoms. The molecule has 1 aliphatic heterocycles. The number of pyridine rings is 1. The summed E-state index contributed by atoms with van der Waals surface area (Å²) >= 11 is 0. The van der Waals surface area contributed by atoms with Gasteiger partial charge in [-0.05, 0) is 30.9 Å². The molecule has 1 amide bonds. The van der Waals surface area contributed by atoms with Crippen molar-refractivity contribution in [2.24, 2.45) is 5.92 Å². The van der Waals surface area contributed by atoms with Crippen LogP contribution in [0.15, 0.2) is 18.3 Å². The van der Waals surface area contributed by atoms with E-state index in [1.807, 2.05) is 0 Å². The number of hydrogen-bond donors (Lipinski definition) is 0. The molecular formula is C14H16F2N4O. The van der Waals surface area contributed by atoms with E-state index in [1.165, 1.54) is 10.6 Å². The molecule has 1 fully saturated rings. The number of likely N-dealkylation sites (tertiary alicyclic amines) is 1. The standard InChI is InChI=1S/C14H16F2N4O/c1-9-4-6-19(7-5-9)14(21)10-2-3-11-17-18-13(12(15)16)20(11)8-10/h2-3,8-9,12H,4-7H2,1H3. The minimum atomic E-state index is -2.72. The smallest absolute Gasteiger partial charge is 0.297 e. The third-order valence-corrected chi connectivity index (χ3v) is 3.94. The van der Waals surface area contributed by atoms with Crippen molar-refractivity contribution in [2.75, 3.05) is 13.1 Å². The van der Waals surface area contributed by atoms with Crippen molar-refractivity contribution < 1.29 is 13.6 Å². The van der Waals surface area contributed by atoms with Gasteiger partial charge in [-0.3, -0.25) is 9.20 Å². The van der Waals surface area contributed by atoms with E-state index in [9.17, 15) is 13.6 Å². The van der Waals surface area contributed by atoms with Gasteiger partial charge in [0, 0.05) is 19.3 Å². The highest BCUT2D eigenvalue weighted by molar-refractivity contribution is 5.94. The fraction of sp³-hybridized carbons (Fsp3) is 0.500. The Bertz CT molecular complexity index is 662. The lowest BCUT2D eigenvalue weighted by Gasteiger charge is -2.30. The van der Waals surface area contributed by atoms with E-state index in [0.29, 0.717) is 30.2 Å². The first-order valence-electron chi connectivity index (χ1n) is 6.98. The maximum absolute atomic E-state index is 12.8. The molecule has 0 spiro atoms. The molecule has 1 saturated heterocycles. The number of carbonyl (C=O) groups excluding carboxylic acids is 1. The molecule has 0 bridgehead atoms. The Kier molecular flexibility index (Phi) is 3.57. The molecule has 112 valence electrons. The molecule has 0 saturated carbocycles. The molecule has 3 heterocycles. The number of hydrogen-bond acceptors (Lipinski definition) is 3. The highest BCUT2D eigenvalue weighted by atomic mass is 19.3. The van der Waals surface area contributed by atoms with Gasteiger partial charge in [0.15, 0.2) is 5.65 Å². The normalized spacial score (nSPS) is 16.9. The van der Waals surface area contributed by atoms with Crippen molar-refractivity contribution in [2.45, 2.75) is 26.2 Å². The first-order valence-corrected chi connectivity index (χ1v) is 6.98. The summed E-state index contributed by atoms with van der Waals surface area (Å²) < 4.78 is 26.9. The van der Waals surface area contributed by atoms with Crippen LogP contribution in [0.3, 0.4) is 0 Å². The lowest BCUT2D eigenvalue weighted by atomic mass is 9.99. The van der Waals surface area contributed by atoms with Gasteiger partial charge in [0.25, 0.3) is 12.3 Å². The minimum Gasteiger partial charge on any atom is -0.339 e. The van der Waals surface area contributed by atoms with Crippen molar-refractivity contribution in [3.05, 3.63) is 29.7 Å². The molecule has 21 heavy (non-hydrogen) atoms. The molecule has 0 radical (unpaired) electrons. The summed E-state index contributed by atoms with van der Waals surface area (Å²) in [7, 11) is 0. The Balaban J connectivity index is 1.89. The fourth-order valence-corrected chi connectivity index (χ4v) is 2.58. The van der Waals surface area contributed by atoms with Crippen LogP contribution in [0.4, 0.5) is 8.78 Å². The minimum absolute atomic E-state index is 0.127. The Morgan fingerprint density at radius 3 is 2.67 bits per heavy atom. The SMILES string of the molecule is CC1CCN(C(=O)c2ccc3nnc(C(F)F)n3c2)CC1. The Labute approximate surface area is 120 Å². The van der Waals surface area contributed by atoms with Crippen LogP contribution in [0, 0.1) is 5.92 Å². The summed E-state index contributed by atoms with van der Waals surface area (Å²) in [4.78, 5) is 14.2. The highest BCUT2D eigenvalue weighted by Gasteiger charge is 2.23. The van der Waals surface area contributed by atoms with E-state index in [4.69, 9.17) is 0 Å². The zero-order valence-corrected chi connectivity index (χ0v) is 11.7. The average Bonchev–Trinajstić information content (AvgIpc) is 2.90. The largest absolute Gasteiger partial charge is 0.339 e. The van der Waals surface area contributed by atoms with Gasteiger partial charge in [-0.1, -0.05) is 6.92 Å². The van der Waals surface area contributed by atoms with E-state index in [2.05, 4.69) is 17.1 Å². The number of piperidine rings is 1. The van der Waals surface area contributed by atoms with Gasteiger partial charge < -0.3 is 4.90 Å². The van der Waals surface area contributed by atoms with E-state index >= 15 is 0 Å². The van der Waals surface area contributed by atoms with E-state index < -0.39 is 12.2 Å². The van der Waals surface area contributed by atoms with Gasteiger partial charge in [-0.25, -0.2) is 8.78 Å². The molecule has 0 aliphatic carbocycles. The number of alkyl halides is 2. The van der Waals surface area contributed by atoms with Crippen LogP contribution in [0.25, 0.3) is 5.65 Å². The van der Waals surface area contributed by atoms with Gasteiger partial charge in [-0.2, -0.15) is 0 Å². The molecule has 2 aromatic rings. The number of aromatic nitrogens is 3. The quantitative estimate of drug-likeness (QED) is 0.855. The lowest BCUT2D eigenvalue weighted by Crippen LogP contribution is -2.38. The molecule has 0 aromatic carbocycles. The Morgan fingerprint density at radius 2 is 2.00 bits per heavy atom. The average molecular weight is 294 g/mol. The van der Waals surface area contributed by atoms with Crippen LogP contribution in [0.2, 0.25) is 0 Å². The zero-order valence-electron chi connectivity index (χ0n) is 11.7. The highest BCUT2D eigenvalue weighted by Crippen LogP contribution is 2.21. The Hall–Kier alpha value is -2.05. The lowest BCUT2D eigenvalue weighted by molar-refractivity contribution is 0.0696. The molecule has 0 atom stereocenters. The zero-order chi connectivity index (χ0) is 15.0. The molecule has 2 aromatic heterocycles. The summed E-state index contributed by atoms with van der Waals surface area (Å²) in [5.41, 5.74) is 0.702. The van der Waals surface area contributed by atoms with E-state index in [-0.39, 0.29) is 5.91 Å². The van der Waals surface area contributed by atoms with Gasteiger partial charge >= 0.3 is 0 Å². The molecule has 3 rings (SSSR count). The van der Waals surface area contributed by atoms with E-state index in [1.54, 1.807) is 17.0 Å². The summed E-state index contributed by atoms with van der Waals surface area (Å²) in [6.07, 6.45) is 0.629. The molecule has 1 aliphatic rings. The predicted molar refractivity (Wildman–Crippen MR) is 72.2 cm³/mol. The van der Waals surface area contributed by atoms with Gasteiger partial charge in [0.2, 0.25) is 5.82 Å². The summed E-state index contributed by atoms with van der Waals surface area (Å²) in [5.74, 6) is 0.0597. The number of fused-ring (bicyclic) bond motifs is 1. The maximum atomic E-state index is 12.8. The molecule has 0 N–H and O–H groups in total. The second-order valence-corrected chi connectivity index (χ2v) is 5.48. The number of halogens is 2. The van der Waals surface area contributed by atoms with Crippen LogP contribution < -0.4 is 0 Å². The second-order valence-electron chi connectivity index (χ2n) is 5.48. The maximum Gasteiger partial charge on any atom is 0.297 e. The van der Waals surface area contributed by atoms with Crippen LogP contribution >= 0.6 is 0 Å². The first-order chi connectivity index (χ1) is 10.1. The fourth-order valence-electron chi connectivity index (χ4n) is 2.58. The number of nitrogens with zero attached hydrogens (tertiary/aromatic N) is 4. The van der Waals surface area contributed by atoms with Gasteiger partial charge in [0.05, 0.1) is 5.56 Å². The molecular weight excluding hydrogens is 278 g/mol. The van der Waals surface area contributed by atoms with Crippen LogP contribution in [-0.2, 0) is 0 Å². The van der Waals surface area contributed by atoms with Gasteiger partial charge in [0.1, 0.15) is 0 Å². The molecule has 5 nitrogen and oxygen atoms in total. The van der Waals surface area contributed by atoms with Crippen molar-refractivity contribution in [3.8, 4) is 0 Å². The summed E-state index contributed by atoms with van der Waals surface area (Å²) in [6.45, 7) is 3.59. The van der Waals surface area contributed by atoms with Crippen molar-refractivity contribution in [3.63, 3.8) is 0 Å². The first kappa shape index (κ1) is 13.9. The van der Waals surface area contributed by atoms with Crippen molar-refractivity contribution >= 4 is 11.6 Å². The van der Waals surface area contributed by atoms with Crippen LogP contribution in [0.5, 0.6) is 0 Å². The summed E-state index contributed by atoms with van der Waals surface area (Å²) in [5, 5.41) is 7.13. The third kappa shape index (κ3) is 2.59. The van der Waals surface area contributed by atoms with Crippen LogP contribution in [0.1, 0.15) is 42.4 Å². The van der Waals surface area contributed by atoms with Crippen molar-refractivity contribution in [1.82, 2.24) is 19.5 Å². The second kappa shape index (κ2) is 5.38. The third-order valence-electron chi connectivity index (χ3n) is 3.94. The molecule has 0 unspecified atom stereocenters. The Morgan fingerprint density at radius 1 is 1.29 bits per heavy atom. The monoisotopic (exact) mass is 294 g/mol. The van der Waals surface area contributed by atoms with E-state index in [0.717, 1.165) is 12.8 Å².